The lowest BCUT2D eigenvalue weighted by atomic mass is 10.1. The number of piperazine rings is 1. The molecule has 5 nitrogen and oxygen atoms in total. The van der Waals surface area contributed by atoms with Gasteiger partial charge in [-0.2, -0.15) is 0 Å². The summed E-state index contributed by atoms with van der Waals surface area (Å²) in [6.07, 6.45) is 1.66. The van der Waals surface area contributed by atoms with Crippen LogP contribution >= 0.6 is 11.6 Å². The number of alkyl halides is 1. The highest BCUT2D eigenvalue weighted by Crippen LogP contribution is 2.35. The van der Waals surface area contributed by atoms with E-state index in [2.05, 4.69) is 4.98 Å². The molecule has 1 unspecified atom stereocenters. The molecule has 27 heavy (non-hydrogen) atoms. The summed E-state index contributed by atoms with van der Waals surface area (Å²) in [5.74, 6) is 0.309. The number of urea groups is 1. The molecule has 1 fully saturated rings. The highest BCUT2D eigenvalue weighted by molar-refractivity contribution is 6.30. The topological polar surface area (TPSA) is 39.7 Å². The zero-order chi connectivity index (χ0) is 19.0. The number of anilines is 2. The van der Waals surface area contributed by atoms with E-state index in [1.54, 1.807) is 34.1 Å². The summed E-state index contributed by atoms with van der Waals surface area (Å²) in [7, 11) is 0. The lowest BCUT2D eigenvalue weighted by molar-refractivity contribution is 0.197. The van der Waals surface area contributed by atoms with Gasteiger partial charge < -0.3 is 9.80 Å². The van der Waals surface area contributed by atoms with Gasteiger partial charge in [-0.25, -0.2) is 18.6 Å². The van der Waals surface area contributed by atoms with E-state index in [0.717, 1.165) is 11.3 Å². The van der Waals surface area contributed by atoms with Gasteiger partial charge >= 0.3 is 6.03 Å². The van der Waals surface area contributed by atoms with Gasteiger partial charge in [-0.05, 0) is 42.3 Å². The normalized spacial score (nSPS) is 19.4. The average Bonchev–Trinajstić information content (AvgIpc) is 3.05. The highest BCUT2D eigenvalue weighted by Gasteiger charge is 2.37. The summed E-state index contributed by atoms with van der Waals surface area (Å²) in [6.45, 7) is 1.57. The Hall–Kier alpha value is -2.41. The van der Waals surface area contributed by atoms with Crippen molar-refractivity contribution in [1.29, 1.82) is 0 Å². The van der Waals surface area contributed by atoms with Crippen molar-refractivity contribution in [2.24, 2.45) is 0 Å². The lowest BCUT2D eigenvalue weighted by Gasteiger charge is -2.38. The second-order valence-corrected chi connectivity index (χ2v) is 7.18. The fourth-order valence-corrected chi connectivity index (χ4v) is 3.91. The van der Waals surface area contributed by atoms with Gasteiger partial charge in [0.05, 0.1) is 12.2 Å². The van der Waals surface area contributed by atoms with Crippen molar-refractivity contribution in [2.45, 2.75) is 12.5 Å². The third-order valence-electron chi connectivity index (χ3n) is 5.09. The van der Waals surface area contributed by atoms with Gasteiger partial charge in [0.1, 0.15) is 18.3 Å². The Morgan fingerprint density at radius 1 is 1.19 bits per heavy atom. The third-order valence-corrected chi connectivity index (χ3v) is 5.33. The molecule has 2 aliphatic heterocycles. The molecule has 8 heteroatoms. The number of halogens is 3. The van der Waals surface area contributed by atoms with Gasteiger partial charge in [0.15, 0.2) is 0 Å². The molecule has 1 atom stereocenters. The van der Waals surface area contributed by atoms with E-state index in [4.69, 9.17) is 11.6 Å². The van der Waals surface area contributed by atoms with Crippen LogP contribution in [0.2, 0.25) is 5.02 Å². The number of rotatable bonds is 2. The number of amides is 2. The Kier molecular flexibility index (Phi) is 4.86. The molecule has 2 aromatic rings. The number of aromatic nitrogens is 1. The summed E-state index contributed by atoms with van der Waals surface area (Å²) in [6, 6.07) is 7.62. The van der Waals surface area contributed by atoms with Crippen molar-refractivity contribution in [1.82, 2.24) is 9.88 Å². The van der Waals surface area contributed by atoms with Gasteiger partial charge in [-0.1, -0.05) is 11.6 Å². The number of carbonyl (C=O) groups is 1. The molecule has 142 valence electrons. The van der Waals surface area contributed by atoms with Crippen LogP contribution in [0.1, 0.15) is 5.56 Å². The van der Waals surface area contributed by atoms with Gasteiger partial charge in [0, 0.05) is 36.9 Å². The summed E-state index contributed by atoms with van der Waals surface area (Å²) < 4.78 is 26.6. The molecule has 3 heterocycles. The van der Waals surface area contributed by atoms with Crippen LogP contribution in [0.3, 0.4) is 0 Å². The van der Waals surface area contributed by atoms with Crippen LogP contribution in [0.4, 0.5) is 25.1 Å². The molecule has 2 aliphatic rings. The fraction of sp³-hybridized carbons (Fsp3) is 0.368. The fourth-order valence-electron chi connectivity index (χ4n) is 3.71. The number of carbonyl (C=O) groups excluding carboxylic acids is 1. The van der Waals surface area contributed by atoms with Crippen LogP contribution in [-0.4, -0.2) is 54.8 Å². The minimum atomic E-state index is -0.600. The Morgan fingerprint density at radius 2 is 1.96 bits per heavy atom. The zero-order valence-corrected chi connectivity index (χ0v) is 15.4. The Labute approximate surface area is 161 Å². The second kappa shape index (κ2) is 7.31. The molecule has 0 saturated carbocycles. The van der Waals surface area contributed by atoms with Crippen LogP contribution in [0.15, 0.2) is 36.5 Å². The molecule has 1 aromatic carbocycles. The van der Waals surface area contributed by atoms with Crippen molar-refractivity contribution in [3.05, 3.63) is 52.9 Å². The SMILES string of the molecule is O=C(N1CCN(c2ccc(F)cn2)CC1)N1c2ccc(Cl)cc2CC1CF. The zero-order valence-electron chi connectivity index (χ0n) is 14.6. The Morgan fingerprint density at radius 3 is 2.63 bits per heavy atom. The predicted molar refractivity (Wildman–Crippen MR) is 101 cm³/mol. The first-order valence-electron chi connectivity index (χ1n) is 8.86. The molecule has 1 saturated heterocycles. The first kappa shape index (κ1) is 18.0. The molecule has 0 spiro atoms. The van der Waals surface area contributed by atoms with Crippen LogP contribution in [0, 0.1) is 5.82 Å². The molecule has 4 rings (SSSR count). The Bertz CT molecular complexity index is 840. The summed E-state index contributed by atoms with van der Waals surface area (Å²) in [5, 5.41) is 0.584. The van der Waals surface area contributed by atoms with Gasteiger partial charge in [0.25, 0.3) is 0 Å². The molecular weight excluding hydrogens is 374 g/mol. The largest absolute Gasteiger partial charge is 0.353 e. The number of benzene rings is 1. The number of fused-ring (bicyclic) bond motifs is 1. The number of pyridine rings is 1. The molecule has 0 aliphatic carbocycles. The first-order chi connectivity index (χ1) is 13.1. The van der Waals surface area contributed by atoms with Crippen molar-refractivity contribution in [3.8, 4) is 0 Å². The standard InChI is InChI=1S/C19H19ClF2N4O/c20-14-1-3-17-13(9-14)10-16(11-21)26(17)19(27)25-7-5-24(6-8-25)18-4-2-15(22)12-23-18/h1-4,9,12,16H,5-8,10-11H2. The van der Waals surface area contributed by atoms with Gasteiger partial charge in [0.2, 0.25) is 0 Å². The van der Waals surface area contributed by atoms with E-state index >= 15 is 0 Å². The maximum Gasteiger partial charge on any atom is 0.324 e. The van der Waals surface area contributed by atoms with E-state index in [1.165, 1.54) is 12.3 Å². The molecule has 2 amide bonds. The van der Waals surface area contributed by atoms with Gasteiger partial charge in [-0.15, -0.1) is 0 Å². The molecule has 0 N–H and O–H groups in total. The van der Waals surface area contributed by atoms with Crippen LogP contribution in [0.25, 0.3) is 0 Å². The number of hydrogen-bond donors (Lipinski definition) is 0. The van der Waals surface area contributed by atoms with Gasteiger partial charge in [-0.3, -0.25) is 4.90 Å². The smallest absolute Gasteiger partial charge is 0.324 e. The minimum Gasteiger partial charge on any atom is -0.353 e. The number of hydrogen-bond acceptors (Lipinski definition) is 3. The van der Waals surface area contributed by atoms with Crippen molar-refractivity contribution < 1.29 is 13.6 Å². The summed E-state index contributed by atoms with van der Waals surface area (Å²) in [4.78, 5) is 22.5. The maximum absolute atomic E-state index is 13.6. The molecular formula is C19H19ClF2N4O. The van der Waals surface area contributed by atoms with Crippen molar-refractivity contribution >= 4 is 29.1 Å². The van der Waals surface area contributed by atoms with Crippen molar-refractivity contribution in [3.63, 3.8) is 0 Å². The highest BCUT2D eigenvalue weighted by atomic mass is 35.5. The van der Waals surface area contributed by atoms with E-state index in [1.807, 2.05) is 4.90 Å². The molecule has 0 bridgehead atoms. The molecule has 1 aromatic heterocycles. The van der Waals surface area contributed by atoms with Crippen molar-refractivity contribution in [2.75, 3.05) is 42.7 Å². The molecule has 0 radical (unpaired) electrons. The maximum atomic E-state index is 13.6. The summed E-state index contributed by atoms with van der Waals surface area (Å²) >= 11 is 6.03. The van der Waals surface area contributed by atoms with E-state index in [9.17, 15) is 13.6 Å². The predicted octanol–water partition coefficient (Wildman–Crippen LogP) is 3.52. The summed E-state index contributed by atoms with van der Waals surface area (Å²) in [5.41, 5.74) is 1.63. The van der Waals surface area contributed by atoms with E-state index < -0.39 is 12.7 Å². The van der Waals surface area contributed by atoms with Crippen LogP contribution in [0.5, 0.6) is 0 Å². The Balaban J connectivity index is 1.47. The number of nitrogens with zero attached hydrogens (tertiary/aromatic N) is 4. The second-order valence-electron chi connectivity index (χ2n) is 6.75. The first-order valence-corrected chi connectivity index (χ1v) is 9.23. The van der Waals surface area contributed by atoms with Crippen LogP contribution in [-0.2, 0) is 6.42 Å². The average molecular weight is 393 g/mol. The quantitative estimate of drug-likeness (QED) is 0.785. The lowest BCUT2D eigenvalue weighted by Crippen LogP contribution is -2.55. The van der Waals surface area contributed by atoms with Crippen LogP contribution < -0.4 is 9.80 Å². The monoisotopic (exact) mass is 392 g/mol. The van der Waals surface area contributed by atoms with E-state index in [-0.39, 0.29) is 11.8 Å². The minimum absolute atomic E-state index is 0.189. The van der Waals surface area contributed by atoms with E-state index in [0.29, 0.717) is 43.4 Å². The third kappa shape index (κ3) is 3.43.